The first kappa shape index (κ1) is 23.1. The number of nitrogens with one attached hydrogen (secondary N) is 1. The van der Waals surface area contributed by atoms with Crippen molar-refractivity contribution in [3.8, 4) is 5.75 Å². The van der Waals surface area contributed by atoms with Crippen LogP contribution in [0.25, 0.3) is 10.1 Å². The molecule has 1 amide bonds. The molecule has 0 radical (unpaired) electrons. The van der Waals surface area contributed by atoms with Crippen LogP contribution in [0.3, 0.4) is 0 Å². The van der Waals surface area contributed by atoms with Gasteiger partial charge in [-0.05, 0) is 55.6 Å². The number of hydrogen-bond acceptors (Lipinski definition) is 6. The number of likely N-dealkylation sites (N-methyl/N-ethyl adjacent to an activating group) is 1. The van der Waals surface area contributed by atoms with Crippen LogP contribution in [0, 0.1) is 0 Å². The molecule has 8 heteroatoms. The summed E-state index contributed by atoms with van der Waals surface area (Å²) in [6, 6.07) is 12.1. The number of nitrogens with zero attached hydrogens (tertiary/aromatic N) is 1. The minimum absolute atomic E-state index is 0.306. The summed E-state index contributed by atoms with van der Waals surface area (Å²) in [6.07, 6.45) is 0. The maximum Gasteiger partial charge on any atom is 0.338 e. The van der Waals surface area contributed by atoms with E-state index in [0.717, 1.165) is 23.2 Å². The number of carbonyl (C=O) groups is 2. The van der Waals surface area contributed by atoms with Gasteiger partial charge in [-0.1, -0.05) is 25.4 Å². The van der Waals surface area contributed by atoms with Crippen molar-refractivity contribution in [1.82, 2.24) is 4.90 Å². The second-order valence-electron chi connectivity index (χ2n) is 6.80. The van der Waals surface area contributed by atoms with Crippen LogP contribution in [-0.4, -0.2) is 50.1 Å². The van der Waals surface area contributed by atoms with E-state index in [2.05, 4.69) is 24.1 Å². The number of methoxy groups -OCH3 is 1. The number of fused-ring (bicyclic) bond motifs is 1. The zero-order chi connectivity index (χ0) is 22.4. The van der Waals surface area contributed by atoms with Crippen LogP contribution in [0.4, 0.5) is 5.69 Å². The van der Waals surface area contributed by atoms with Crippen molar-refractivity contribution in [3.05, 3.63) is 57.9 Å². The molecule has 0 fully saturated rings. The monoisotopic (exact) mass is 460 g/mol. The minimum atomic E-state index is -0.383. The molecule has 0 atom stereocenters. The fourth-order valence-electron chi connectivity index (χ4n) is 3.09. The lowest BCUT2D eigenvalue weighted by molar-refractivity contribution is 0.0466. The first-order chi connectivity index (χ1) is 15.0. The van der Waals surface area contributed by atoms with E-state index >= 15 is 0 Å². The minimum Gasteiger partial charge on any atom is -0.497 e. The van der Waals surface area contributed by atoms with E-state index in [4.69, 9.17) is 21.1 Å². The fraction of sp³-hybridized carbons (Fsp3) is 0.304. The van der Waals surface area contributed by atoms with Crippen molar-refractivity contribution in [1.29, 1.82) is 0 Å². The predicted octanol–water partition coefficient (Wildman–Crippen LogP) is 5.31. The number of rotatable bonds is 9. The highest BCUT2D eigenvalue weighted by molar-refractivity contribution is 7.21. The van der Waals surface area contributed by atoms with Crippen LogP contribution in [0.2, 0.25) is 5.02 Å². The number of benzene rings is 2. The Morgan fingerprint density at radius 3 is 2.45 bits per heavy atom. The molecule has 31 heavy (non-hydrogen) atoms. The normalized spacial score (nSPS) is 11.0. The first-order valence-electron chi connectivity index (χ1n) is 10.0. The Morgan fingerprint density at radius 2 is 1.81 bits per heavy atom. The molecule has 1 N–H and O–H groups in total. The van der Waals surface area contributed by atoms with Crippen molar-refractivity contribution in [2.24, 2.45) is 0 Å². The van der Waals surface area contributed by atoms with E-state index in [1.807, 2.05) is 18.2 Å². The second kappa shape index (κ2) is 10.6. The second-order valence-corrected chi connectivity index (χ2v) is 8.23. The fourth-order valence-corrected chi connectivity index (χ4v) is 4.47. The number of anilines is 1. The average Bonchev–Trinajstić information content (AvgIpc) is 3.13. The SMILES string of the molecule is CCN(CC)CCOC(=O)c1ccc(NC(=O)c2sc3ccc(OC)cc3c2Cl)cc1. The van der Waals surface area contributed by atoms with E-state index < -0.39 is 0 Å². The highest BCUT2D eigenvalue weighted by Gasteiger charge is 2.18. The summed E-state index contributed by atoms with van der Waals surface area (Å²) in [7, 11) is 1.58. The topological polar surface area (TPSA) is 67.9 Å². The van der Waals surface area contributed by atoms with Gasteiger partial charge in [0.1, 0.15) is 17.2 Å². The molecule has 1 aromatic heterocycles. The molecule has 6 nitrogen and oxygen atoms in total. The molecule has 0 saturated heterocycles. The Labute approximate surface area is 190 Å². The van der Waals surface area contributed by atoms with Crippen molar-refractivity contribution in [3.63, 3.8) is 0 Å². The summed E-state index contributed by atoms with van der Waals surface area (Å²) in [5, 5.41) is 4.00. The van der Waals surface area contributed by atoms with Gasteiger partial charge in [-0.25, -0.2) is 4.79 Å². The molecule has 0 aliphatic rings. The summed E-state index contributed by atoms with van der Waals surface area (Å²) in [5.74, 6) is -0.00928. The molecule has 3 rings (SSSR count). The number of halogens is 1. The highest BCUT2D eigenvalue weighted by Crippen LogP contribution is 2.37. The van der Waals surface area contributed by atoms with Gasteiger partial charge in [-0.3, -0.25) is 4.79 Å². The summed E-state index contributed by atoms with van der Waals surface area (Å²) in [6.45, 7) is 7.02. The average molecular weight is 461 g/mol. The molecule has 1 heterocycles. The Balaban J connectivity index is 1.63. The van der Waals surface area contributed by atoms with Crippen molar-refractivity contribution >= 4 is 50.6 Å². The maximum atomic E-state index is 12.7. The van der Waals surface area contributed by atoms with Gasteiger partial charge in [-0.2, -0.15) is 0 Å². The largest absolute Gasteiger partial charge is 0.497 e. The first-order valence-corrected chi connectivity index (χ1v) is 11.2. The zero-order valence-corrected chi connectivity index (χ0v) is 19.3. The Morgan fingerprint density at radius 1 is 1.10 bits per heavy atom. The van der Waals surface area contributed by atoms with Gasteiger partial charge in [0, 0.05) is 22.3 Å². The van der Waals surface area contributed by atoms with Gasteiger partial charge in [0.15, 0.2) is 0 Å². The third-order valence-corrected chi connectivity index (χ3v) is 6.63. The van der Waals surface area contributed by atoms with Gasteiger partial charge in [0.2, 0.25) is 0 Å². The molecular weight excluding hydrogens is 436 g/mol. The van der Waals surface area contributed by atoms with E-state index in [9.17, 15) is 9.59 Å². The van der Waals surface area contributed by atoms with E-state index in [1.165, 1.54) is 11.3 Å². The Hall–Kier alpha value is -2.61. The Kier molecular flexibility index (Phi) is 7.90. The molecule has 0 saturated carbocycles. The van der Waals surface area contributed by atoms with Crippen molar-refractivity contribution in [2.45, 2.75) is 13.8 Å². The molecule has 0 aliphatic heterocycles. The summed E-state index contributed by atoms with van der Waals surface area (Å²) >= 11 is 7.75. The standard InChI is InChI=1S/C23H25ClN2O4S/c1-4-26(5-2)12-13-30-23(28)15-6-8-16(9-7-15)25-22(27)21-20(24)18-14-17(29-3)10-11-19(18)31-21/h6-11,14H,4-5,12-13H2,1-3H3,(H,25,27). The number of esters is 1. The van der Waals surface area contributed by atoms with Crippen LogP contribution in [-0.2, 0) is 4.74 Å². The lowest BCUT2D eigenvalue weighted by Crippen LogP contribution is -2.27. The maximum absolute atomic E-state index is 12.7. The zero-order valence-electron chi connectivity index (χ0n) is 17.7. The third-order valence-electron chi connectivity index (χ3n) is 4.95. The molecule has 0 unspecified atom stereocenters. The van der Waals surface area contributed by atoms with Crippen LogP contribution in [0.15, 0.2) is 42.5 Å². The van der Waals surface area contributed by atoms with Crippen molar-refractivity contribution < 1.29 is 19.1 Å². The summed E-state index contributed by atoms with van der Waals surface area (Å²) in [5.41, 5.74) is 1.00. The molecule has 0 spiro atoms. The van der Waals surface area contributed by atoms with Gasteiger partial charge < -0.3 is 19.7 Å². The van der Waals surface area contributed by atoms with Crippen LogP contribution >= 0.6 is 22.9 Å². The quantitative estimate of drug-likeness (QED) is 0.438. The summed E-state index contributed by atoms with van der Waals surface area (Å²) < 4.78 is 11.5. The van der Waals surface area contributed by atoms with E-state index in [-0.39, 0.29) is 11.9 Å². The van der Waals surface area contributed by atoms with E-state index in [0.29, 0.717) is 40.1 Å². The predicted molar refractivity (Wildman–Crippen MR) is 126 cm³/mol. The highest BCUT2D eigenvalue weighted by atomic mass is 35.5. The van der Waals surface area contributed by atoms with Gasteiger partial charge >= 0.3 is 5.97 Å². The van der Waals surface area contributed by atoms with Crippen LogP contribution < -0.4 is 10.1 Å². The van der Waals surface area contributed by atoms with E-state index in [1.54, 1.807) is 31.4 Å². The third kappa shape index (κ3) is 5.55. The smallest absolute Gasteiger partial charge is 0.338 e. The molecule has 3 aromatic rings. The number of carbonyl (C=O) groups excluding carboxylic acids is 2. The lowest BCUT2D eigenvalue weighted by Gasteiger charge is -2.17. The molecular formula is C23H25ClN2O4S. The van der Waals surface area contributed by atoms with Gasteiger partial charge in [0.05, 0.1) is 17.7 Å². The number of thiophene rings is 1. The van der Waals surface area contributed by atoms with Gasteiger partial charge in [-0.15, -0.1) is 11.3 Å². The number of hydrogen-bond donors (Lipinski definition) is 1. The van der Waals surface area contributed by atoms with Gasteiger partial charge in [0.25, 0.3) is 5.91 Å². The van der Waals surface area contributed by atoms with Crippen LogP contribution in [0.5, 0.6) is 5.75 Å². The van der Waals surface area contributed by atoms with Crippen molar-refractivity contribution in [2.75, 3.05) is 38.7 Å². The lowest BCUT2D eigenvalue weighted by atomic mass is 10.2. The van der Waals surface area contributed by atoms with Crippen LogP contribution in [0.1, 0.15) is 33.9 Å². The molecule has 0 aliphatic carbocycles. The summed E-state index contributed by atoms with van der Waals surface area (Å²) in [4.78, 5) is 27.5. The number of amides is 1. The molecule has 2 aromatic carbocycles. The molecule has 164 valence electrons. The number of ether oxygens (including phenoxy) is 2. The molecule has 0 bridgehead atoms. The Bertz CT molecular complexity index is 1060.